The van der Waals surface area contributed by atoms with Crippen molar-refractivity contribution < 1.29 is 5.11 Å². The number of aliphatic hydroxyl groups is 1. The third-order valence-electron chi connectivity index (χ3n) is 2.38. The molecule has 0 aliphatic carbocycles. The molecule has 0 aromatic carbocycles. The Morgan fingerprint density at radius 2 is 2.36 bits per heavy atom. The number of rotatable bonds is 3. The van der Waals surface area contributed by atoms with Crippen molar-refractivity contribution in [1.29, 1.82) is 0 Å². The molecular weight excluding hydrogens is 198 g/mol. The summed E-state index contributed by atoms with van der Waals surface area (Å²) in [5, 5.41) is 15.9. The van der Waals surface area contributed by atoms with Crippen LogP contribution in [0.1, 0.15) is 11.1 Å². The standard InChI is InChI=1S/C9H15N3OS/c13-8(9-11-3-6-14-9)7-12-4-1-10-2-5-12/h3,6,8,10,13H,1-2,4-5,7H2. The molecule has 14 heavy (non-hydrogen) atoms. The second kappa shape index (κ2) is 4.84. The van der Waals surface area contributed by atoms with E-state index in [9.17, 15) is 5.11 Å². The lowest BCUT2D eigenvalue weighted by atomic mass is 10.3. The molecule has 1 aliphatic rings. The van der Waals surface area contributed by atoms with Gasteiger partial charge in [0.25, 0.3) is 0 Å². The van der Waals surface area contributed by atoms with Crippen LogP contribution in [0.25, 0.3) is 0 Å². The number of aromatic nitrogens is 1. The highest BCUT2D eigenvalue weighted by Gasteiger charge is 2.16. The third kappa shape index (κ3) is 2.51. The van der Waals surface area contributed by atoms with E-state index >= 15 is 0 Å². The molecule has 2 N–H and O–H groups in total. The molecule has 5 heteroatoms. The van der Waals surface area contributed by atoms with Gasteiger partial charge in [0.2, 0.25) is 0 Å². The monoisotopic (exact) mass is 213 g/mol. The Hall–Kier alpha value is -0.490. The number of hydrogen-bond acceptors (Lipinski definition) is 5. The van der Waals surface area contributed by atoms with Gasteiger partial charge < -0.3 is 10.4 Å². The van der Waals surface area contributed by atoms with E-state index in [0.717, 1.165) is 31.2 Å². The zero-order valence-electron chi connectivity index (χ0n) is 8.02. The fourth-order valence-corrected chi connectivity index (χ4v) is 2.23. The highest BCUT2D eigenvalue weighted by atomic mass is 32.1. The molecule has 1 aromatic heterocycles. The number of aliphatic hydroxyl groups excluding tert-OH is 1. The molecule has 1 atom stereocenters. The van der Waals surface area contributed by atoms with Crippen LogP contribution in [-0.4, -0.2) is 47.7 Å². The van der Waals surface area contributed by atoms with Crippen molar-refractivity contribution in [3.8, 4) is 0 Å². The molecule has 78 valence electrons. The van der Waals surface area contributed by atoms with Crippen LogP contribution in [-0.2, 0) is 0 Å². The van der Waals surface area contributed by atoms with E-state index in [0.29, 0.717) is 6.54 Å². The Labute approximate surface area is 87.6 Å². The molecule has 2 rings (SSSR count). The van der Waals surface area contributed by atoms with Gasteiger partial charge >= 0.3 is 0 Å². The number of hydrogen-bond donors (Lipinski definition) is 2. The molecule has 0 amide bonds. The van der Waals surface area contributed by atoms with Crippen molar-refractivity contribution >= 4 is 11.3 Å². The second-order valence-corrected chi connectivity index (χ2v) is 4.36. The fraction of sp³-hybridized carbons (Fsp3) is 0.667. The SMILES string of the molecule is OC(CN1CCNCC1)c1nccs1. The summed E-state index contributed by atoms with van der Waals surface area (Å²) in [5.74, 6) is 0. The summed E-state index contributed by atoms with van der Waals surface area (Å²) in [6, 6.07) is 0. The van der Waals surface area contributed by atoms with Gasteiger partial charge in [-0.1, -0.05) is 0 Å². The summed E-state index contributed by atoms with van der Waals surface area (Å²) in [5.41, 5.74) is 0. The van der Waals surface area contributed by atoms with Crippen LogP contribution >= 0.6 is 11.3 Å². The number of nitrogens with zero attached hydrogens (tertiary/aromatic N) is 2. The first-order valence-electron chi connectivity index (χ1n) is 4.87. The van der Waals surface area contributed by atoms with Gasteiger partial charge in [0.15, 0.2) is 0 Å². The minimum atomic E-state index is -0.423. The number of piperazine rings is 1. The Morgan fingerprint density at radius 1 is 1.57 bits per heavy atom. The maximum Gasteiger partial charge on any atom is 0.122 e. The molecule has 1 unspecified atom stereocenters. The van der Waals surface area contributed by atoms with Gasteiger partial charge in [-0.2, -0.15) is 0 Å². The van der Waals surface area contributed by atoms with E-state index in [1.165, 1.54) is 11.3 Å². The quantitative estimate of drug-likeness (QED) is 0.746. The van der Waals surface area contributed by atoms with E-state index in [2.05, 4.69) is 15.2 Å². The predicted octanol–water partition coefficient (Wildman–Crippen LogP) is 0.0817. The van der Waals surface area contributed by atoms with Gasteiger partial charge in [0, 0.05) is 44.3 Å². The molecule has 0 bridgehead atoms. The van der Waals surface area contributed by atoms with Crippen molar-refractivity contribution in [2.24, 2.45) is 0 Å². The number of thiazole rings is 1. The average Bonchev–Trinajstić information content (AvgIpc) is 2.72. The van der Waals surface area contributed by atoms with Crippen LogP contribution in [0.2, 0.25) is 0 Å². The first kappa shape index (κ1) is 10.0. The molecule has 2 heterocycles. The first-order valence-corrected chi connectivity index (χ1v) is 5.75. The van der Waals surface area contributed by atoms with Crippen molar-refractivity contribution in [3.63, 3.8) is 0 Å². The lowest BCUT2D eigenvalue weighted by Gasteiger charge is -2.28. The van der Waals surface area contributed by atoms with Crippen LogP contribution < -0.4 is 5.32 Å². The van der Waals surface area contributed by atoms with Crippen LogP contribution in [0.4, 0.5) is 0 Å². The fourth-order valence-electron chi connectivity index (χ4n) is 1.62. The Balaban J connectivity index is 1.84. The summed E-state index contributed by atoms with van der Waals surface area (Å²) in [4.78, 5) is 6.37. The molecule has 1 aliphatic heterocycles. The van der Waals surface area contributed by atoms with E-state index in [4.69, 9.17) is 0 Å². The van der Waals surface area contributed by atoms with Crippen molar-refractivity contribution in [2.45, 2.75) is 6.10 Å². The average molecular weight is 213 g/mol. The maximum atomic E-state index is 9.85. The van der Waals surface area contributed by atoms with Crippen LogP contribution in [0.15, 0.2) is 11.6 Å². The smallest absolute Gasteiger partial charge is 0.122 e. The van der Waals surface area contributed by atoms with Crippen molar-refractivity contribution in [1.82, 2.24) is 15.2 Å². The summed E-state index contributed by atoms with van der Waals surface area (Å²) >= 11 is 1.52. The molecule has 0 radical (unpaired) electrons. The lowest BCUT2D eigenvalue weighted by Crippen LogP contribution is -2.44. The molecule has 0 saturated carbocycles. The molecule has 1 fully saturated rings. The van der Waals surface area contributed by atoms with E-state index < -0.39 is 6.10 Å². The third-order valence-corrected chi connectivity index (χ3v) is 3.25. The number of β-amino-alcohol motifs (C(OH)–C–C–N with tert-alkyl or cyclic N) is 1. The predicted molar refractivity (Wildman–Crippen MR) is 56.4 cm³/mol. The molecule has 0 spiro atoms. The van der Waals surface area contributed by atoms with Crippen LogP contribution in [0.3, 0.4) is 0 Å². The van der Waals surface area contributed by atoms with Crippen LogP contribution in [0, 0.1) is 0 Å². The molecule has 4 nitrogen and oxygen atoms in total. The Morgan fingerprint density at radius 3 is 3.00 bits per heavy atom. The summed E-state index contributed by atoms with van der Waals surface area (Å²) in [6.07, 6.45) is 1.31. The van der Waals surface area contributed by atoms with E-state index in [1.54, 1.807) is 6.20 Å². The van der Waals surface area contributed by atoms with Gasteiger partial charge in [0.05, 0.1) is 0 Å². The Bertz CT molecular complexity index is 259. The van der Waals surface area contributed by atoms with Gasteiger partial charge in [0.1, 0.15) is 11.1 Å². The first-order chi connectivity index (χ1) is 6.86. The minimum absolute atomic E-state index is 0.423. The van der Waals surface area contributed by atoms with Gasteiger partial charge in [-0.25, -0.2) is 4.98 Å². The van der Waals surface area contributed by atoms with Crippen LogP contribution in [0.5, 0.6) is 0 Å². The molecule has 1 aromatic rings. The molecular formula is C9H15N3OS. The largest absolute Gasteiger partial charge is 0.385 e. The van der Waals surface area contributed by atoms with Gasteiger partial charge in [-0.15, -0.1) is 11.3 Å². The lowest BCUT2D eigenvalue weighted by molar-refractivity contribution is 0.105. The topological polar surface area (TPSA) is 48.4 Å². The highest BCUT2D eigenvalue weighted by molar-refractivity contribution is 7.09. The zero-order chi connectivity index (χ0) is 9.80. The van der Waals surface area contributed by atoms with Crippen molar-refractivity contribution in [2.75, 3.05) is 32.7 Å². The maximum absolute atomic E-state index is 9.85. The highest BCUT2D eigenvalue weighted by Crippen LogP contribution is 2.16. The zero-order valence-corrected chi connectivity index (χ0v) is 8.83. The van der Waals surface area contributed by atoms with Crippen molar-refractivity contribution in [3.05, 3.63) is 16.6 Å². The summed E-state index contributed by atoms with van der Waals surface area (Å²) < 4.78 is 0. The molecule has 1 saturated heterocycles. The Kier molecular flexibility index (Phi) is 3.47. The minimum Gasteiger partial charge on any atom is -0.385 e. The normalized spacial score (nSPS) is 20.9. The van der Waals surface area contributed by atoms with E-state index in [1.807, 2.05) is 5.38 Å². The van der Waals surface area contributed by atoms with Gasteiger partial charge in [-0.05, 0) is 0 Å². The summed E-state index contributed by atoms with van der Waals surface area (Å²) in [6.45, 7) is 4.77. The summed E-state index contributed by atoms with van der Waals surface area (Å²) in [7, 11) is 0. The second-order valence-electron chi connectivity index (χ2n) is 3.44. The van der Waals surface area contributed by atoms with Gasteiger partial charge in [-0.3, -0.25) is 4.90 Å². The van der Waals surface area contributed by atoms with E-state index in [-0.39, 0.29) is 0 Å². The number of nitrogens with one attached hydrogen (secondary N) is 1.